The number of carboxylic acids is 1. The highest BCUT2D eigenvalue weighted by molar-refractivity contribution is 9.10. The molecule has 7 nitrogen and oxygen atoms in total. The second-order valence-electron chi connectivity index (χ2n) is 5.32. The van der Waals surface area contributed by atoms with E-state index >= 15 is 0 Å². The molecule has 2 rings (SSSR count). The van der Waals surface area contributed by atoms with Crippen molar-refractivity contribution in [2.45, 2.75) is 18.8 Å². The molecule has 0 spiro atoms. The average molecular weight is 428 g/mol. The molecule has 25 heavy (non-hydrogen) atoms. The van der Waals surface area contributed by atoms with Crippen LogP contribution < -0.4 is 5.32 Å². The Labute approximate surface area is 156 Å². The Kier molecular flexibility index (Phi) is 6.60. The normalized spacial score (nSPS) is 11.8. The molecule has 1 aromatic carbocycles. The highest BCUT2D eigenvalue weighted by atomic mass is 79.9. The van der Waals surface area contributed by atoms with Crippen molar-refractivity contribution in [1.29, 1.82) is 0 Å². The zero-order chi connectivity index (χ0) is 18.6. The number of hydrogen-bond acceptors (Lipinski definition) is 6. The maximum Gasteiger partial charge on any atom is 0.475 e. The first-order valence-corrected chi connectivity index (χ1v) is 8.87. The van der Waals surface area contributed by atoms with Gasteiger partial charge in [-0.3, -0.25) is 4.79 Å². The summed E-state index contributed by atoms with van der Waals surface area (Å²) in [5.41, 5.74) is -0.101. The number of thiophene rings is 1. The molecule has 0 bridgehead atoms. The lowest BCUT2D eigenvalue weighted by Gasteiger charge is -2.18. The summed E-state index contributed by atoms with van der Waals surface area (Å²) in [6.07, 6.45) is -0.0644. The number of amides is 1. The van der Waals surface area contributed by atoms with Crippen LogP contribution in [-0.4, -0.2) is 45.2 Å². The predicted molar refractivity (Wildman–Crippen MR) is 96.6 cm³/mol. The molecule has 0 saturated heterocycles. The van der Waals surface area contributed by atoms with E-state index in [2.05, 4.69) is 21.2 Å². The van der Waals surface area contributed by atoms with Crippen LogP contribution >= 0.6 is 27.3 Å². The molecule has 1 atom stereocenters. The summed E-state index contributed by atoms with van der Waals surface area (Å²) < 4.78 is 0.856. The number of rotatable bonds is 7. The number of hydrogen-bond donors (Lipinski definition) is 5. The predicted octanol–water partition coefficient (Wildman–Crippen LogP) is 1.20. The second kappa shape index (κ2) is 8.48. The maximum atomic E-state index is 12.1. The molecule has 0 unspecified atom stereocenters. The molecular formula is C15H15BBrNO6S. The van der Waals surface area contributed by atoms with Crippen LogP contribution in [0, 0.1) is 0 Å². The van der Waals surface area contributed by atoms with E-state index in [-0.39, 0.29) is 24.0 Å². The molecule has 5 N–H and O–H groups in total. The standard InChI is InChI=1S/C15H15BBrNO6S/c17-9-5-10(25-7-9)6-13(19)18-12(16(23)24)4-8-2-1-3-11(14(8)20)15(21)22/h1-3,5,7,12,20,23-24H,4,6H2,(H,18,19)(H,21,22)/t12-/m0/s1. The van der Waals surface area contributed by atoms with Gasteiger partial charge in [-0.05, 0) is 40.0 Å². The fourth-order valence-electron chi connectivity index (χ4n) is 2.26. The van der Waals surface area contributed by atoms with E-state index in [0.29, 0.717) is 0 Å². The molecule has 0 aliphatic rings. The molecule has 0 radical (unpaired) electrons. The quantitative estimate of drug-likeness (QED) is 0.422. The van der Waals surface area contributed by atoms with Crippen molar-refractivity contribution < 1.29 is 29.9 Å². The molecule has 132 valence electrons. The van der Waals surface area contributed by atoms with Gasteiger partial charge in [-0.25, -0.2) is 4.79 Å². The van der Waals surface area contributed by atoms with Crippen molar-refractivity contribution >= 4 is 46.3 Å². The smallest absolute Gasteiger partial charge is 0.475 e. The number of carboxylic acid groups (broad SMARTS) is 1. The van der Waals surface area contributed by atoms with Crippen molar-refractivity contribution in [1.82, 2.24) is 5.32 Å². The summed E-state index contributed by atoms with van der Waals surface area (Å²) in [5, 5.41) is 42.3. The van der Waals surface area contributed by atoms with Crippen LogP contribution in [0.4, 0.5) is 0 Å². The zero-order valence-corrected chi connectivity index (χ0v) is 15.2. The molecule has 2 aromatic rings. The minimum Gasteiger partial charge on any atom is -0.507 e. The van der Waals surface area contributed by atoms with Crippen molar-refractivity contribution in [3.8, 4) is 5.75 Å². The lowest BCUT2D eigenvalue weighted by molar-refractivity contribution is -0.120. The first-order chi connectivity index (χ1) is 11.8. The number of aromatic carboxylic acids is 1. The lowest BCUT2D eigenvalue weighted by atomic mass is 9.75. The van der Waals surface area contributed by atoms with Crippen LogP contribution in [0.25, 0.3) is 0 Å². The van der Waals surface area contributed by atoms with Crippen molar-refractivity contribution in [2.75, 3.05) is 0 Å². The molecule has 0 aliphatic heterocycles. The number of para-hydroxylation sites is 1. The van der Waals surface area contributed by atoms with Crippen LogP contribution in [0.5, 0.6) is 5.75 Å². The fraction of sp³-hybridized carbons (Fsp3) is 0.200. The maximum absolute atomic E-state index is 12.1. The number of aromatic hydroxyl groups is 1. The third-order valence-corrected chi connectivity index (χ3v) is 5.15. The number of halogens is 1. The Morgan fingerprint density at radius 3 is 2.60 bits per heavy atom. The van der Waals surface area contributed by atoms with Gasteiger partial charge in [-0.1, -0.05) is 12.1 Å². The Bertz CT molecular complexity index is 781. The SMILES string of the molecule is O=C(Cc1cc(Br)cs1)N[C@@H](Cc1cccc(C(=O)O)c1O)B(O)O. The average Bonchev–Trinajstić information content (AvgIpc) is 2.92. The zero-order valence-electron chi connectivity index (χ0n) is 12.8. The molecule has 0 saturated carbocycles. The van der Waals surface area contributed by atoms with Crippen LogP contribution in [0.15, 0.2) is 34.1 Å². The molecule has 0 fully saturated rings. The summed E-state index contributed by atoms with van der Waals surface area (Å²) in [4.78, 5) is 23.9. The topological polar surface area (TPSA) is 127 Å². The highest BCUT2D eigenvalue weighted by Crippen LogP contribution is 2.24. The summed E-state index contributed by atoms with van der Waals surface area (Å²) in [5.74, 6) is -3.27. The third-order valence-electron chi connectivity index (χ3n) is 3.45. The number of carbonyl (C=O) groups is 2. The molecule has 1 aromatic heterocycles. The molecule has 10 heteroatoms. The molecular weight excluding hydrogens is 413 g/mol. The van der Waals surface area contributed by atoms with E-state index in [1.807, 2.05) is 5.38 Å². The molecule has 1 heterocycles. The largest absolute Gasteiger partial charge is 0.507 e. The first-order valence-electron chi connectivity index (χ1n) is 7.20. The minimum atomic E-state index is -1.87. The molecule has 0 aliphatic carbocycles. The van der Waals surface area contributed by atoms with Crippen LogP contribution in [0.1, 0.15) is 20.8 Å². The summed E-state index contributed by atoms with van der Waals surface area (Å²) in [6, 6.07) is 5.92. The van der Waals surface area contributed by atoms with Gasteiger partial charge in [0, 0.05) is 14.7 Å². The van der Waals surface area contributed by atoms with Gasteiger partial charge >= 0.3 is 13.1 Å². The highest BCUT2D eigenvalue weighted by Gasteiger charge is 2.27. The van der Waals surface area contributed by atoms with Gasteiger partial charge in [0.25, 0.3) is 0 Å². The Hall–Kier alpha value is -1.88. The second-order valence-corrected chi connectivity index (χ2v) is 7.23. The summed E-state index contributed by atoms with van der Waals surface area (Å²) >= 11 is 4.68. The van der Waals surface area contributed by atoms with Gasteiger partial charge in [0.15, 0.2) is 0 Å². The van der Waals surface area contributed by atoms with E-state index in [4.69, 9.17) is 5.11 Å². The van der Waals surface area contributed by atoms with Crippen LogP contribution in [0.3, 0.4) is 0 Å². The van der Waals surface area contributed by atoms with E-state index < -0.39 is 30.7 Å². The first kappa shape index (κ1) is 19.4. The Morgan fingerprint density at radius 2 is 2.04 bits per heavy atom. The number of phenols is 1. The Balaban J connectivity index is 2.10. The van der Waals surface area contributed by atoms with Gasteiger partial charge in [0.05, 0.1) is 12.4 Å². The van der Waals surface area contributed by atoms with E-state index in [1.165, 1.54) is 29.5 Å². The fourth-order valence-corrected chi connectivity index (χ4v) is 3.71. The number of nitrogens with one attached hydrogen (secondary N) is 1. The minimum absolute atomic E-state index is 0.0701. The summed E-state index contributed by atoms with van der Waals surface area (Å²) in [7, 11) is -1.87. The van der Waals surface area contributed by atoms with Gasteiger partial charge in [0.2, 0.25) is 5.91 Å². The van der Waals surface area contributed by atoms with E-state index in [0.717, 1.165) is 9.35 Å². The molecule has 1 amide bonds. The van der Waals surface area contributed by atoms with Gasteiger partial charge in [0.1, 0.15) is 11.3 Å². The van der Waals surface area contributed by atoms with Crippen molar-refractivity contribution in [3.63, 3.8) is 0 Å². The van der Waals surface area contributed by atoms with Gasteiger partial charge in [-0.2, -0.15) is 0 Å². The summed E-state index contributed by atoms with van der Waals surface area (Å²) in [6.45, 7) is 0. The third kappa shape index (κ3) is 5.30. The van der Waals surface area contributed by atoms with Crippen molar-refractivity contribution in [2.24, 2.45) is 0 Å². The van der Waals surface area contributed by atoms with Crippen LogP contribution in [-0.2, 0) is 17.6 Å². The number of carbonyl (C=O) groups excluding carboxylic acids is 1. The number of benzene rings is 1. The van der Waals surface area contributed by atoms with Crippen LogP contribution in [0.2, 0.25) is 0 Å². The monoisotopic (exact) mass is 427 g/mol. The Morgan fingerprint density at radius 1 is 1.32 bits per heavy atom. The lowest BCUT2D eigenvalue weighted by Crippen LogP contribution is -2.48. The van der Waals surface area contributed by atoms with E-state index in [1.54, 1.807) is 6.07 Å². The van der Waals surface area contributed by atoms with Crippen molar-refractivity contribution in [3.05, 3.63) is 50.1 Å². The van der Waals surface area contributed by atoms with Gasteiger partial charge in [-0.15, -0.1) is 11.3 Å². The van der Waals surface area contributed by atoms with E-state index in [9.17, 15) is 24.7 Å². The van der Waals surface area contributed by atoms with Gasteiger partial charge < -0.3 is 25.6 Å².